The van der Waals surface area contributed by atoms with Gasteiger partial charge in [0.25, 0.3) is 5.56 Å². The van der Waals surface area contributed by atoms with Gasteiger partial charge >= 0.3 is 0 Å². The molecule has 2 aromatic carbocycles. The maximum atomic E-state index is 13.5. The minimum Gasteiger partial charge on any atom is -0.401 e. The maximum Gasteiger partial charge on any atom is 0.267 e. The smallest absolute Gasteiger partial charge is 0.267 e. The molecule has 0 aliphatic heterocycles. The molecule has 0 fully saturated rings. The standard InChI is InChI=1S/C23H20N6O2S/c1-13-7-6-8-14(2)20(13)29-21(31)16-9-4-5-10-18(16)28-22(29)26-27-23(28)32-12-19(30)17(11-24)15(3)25/h4-10H,12,25H2,1-3H3/b17-15+. The minimum absolute atomic E-state index is 0.0327. The molecule has 0 bridgehead atoms. The summed E-state index contributed by atoms with van der Waals surface area (Å²) in [6.45, 7) is 5.40. The van der Waals surface area contributed by atoms with Gasteiger partial charge in [-0.2, -0.15) is 5.26 Å². The molecule has 0 spiro atoms. The molecule has 0 unspecified atom stereocenters. The third kappa shape index (κ3) is 3.44. The number of nitrogens with two attached hydrogens (primary N) is 1. The first kappa shape index (κ1) is 21.3. The van der Waals surface area contributed by atoms with E-state index in [4.69, 9.17) is 5.73 Å². The van der Waals surface area contributed by atoms with Crippen LogP contribution in [-0.2, 0) is 4.79 Å². The van der Waals surface area contributed by atoms with Crippen molar-refractivity contribution in [1.82, 2.24) is 19.2 Å². The molecule has 0 radical (unpaired) electrons. The summed E-state index contributed by atoms with van der Waals surface area (Å²) in [6, 6.07) is 14.9. The van der Waals surface area contributed by atoms with E-state index in [-0.39, 0.29) is 28.4 Å². The van der Waals surface area contributed by atoms with Crippen LogP contribution in [0.15, 0.2) is 63.7 Å². The van der Waals surface area contributed by atoms with Crippen molar-refractivity contribution in [3.05, 3.63) is 75.2 Å². The average Bonchev–Trinajstić information content (AvgIpc) is 3.18. The van der Waals surface area contributed by atoms with Crippen molar-refractivity contribution in [2.75, 3.05) is 5.75 Å². The number of aryl methyl sites for hydroxylation is 2. The van der Waals surface area contributed by atoms with Gasteiger partial charge in [-0.1, -0.05) is 42.1 Å². The second-order valence-electron chi connectivity index (χ2n) is 7.40. The zero-order chi connectivity index (χ0) is 23.0. The predicted molar refractivity (Wildman–Crippen MR) is 124 cm³/mol. The number of nitriles is 1. The molecule has 0 amide bonds. The number of Topliss-reactive ketones (excluding diaryl/α,β-unsaturated/α-hetero) is 1. The summed E-state index contributed by atoms with van der Waals surface area (Å²) in [5.41, 5.74) is 8.82. The average molecular weight is 445 g/mol. The number of fused-ring (bicyclic) bond motifs is 3. The highest BCUT2D eigenvalue weighted by atomic mass is 32.2. The van der Waals surface area contributed by atoms with E-state index in [0.29, 0.717) is 21.8 Å². The van der Waals surface area contributed by atoms with E-state index in [1.54, 1.807) is 21.1 Å². The molecule has 4 aromatic rings. The first-order valence-electron chi connectivity index (χ1n) is 9.83. The number of hydrogen-bond acceptors (Lipinski definition) is 7. The summed E-state index contributed by atoms with van der Waals surface area (Å²) in [5, 5.41) is 18.7. The lowest BCUT2D eigenvalue weighted by Crippen LogP contribution is -2.23. The second kappa shape index (κ2) is 8.32. The molecule has 0 saturated heterocycles. The summed E-state index contributed by atoms with van der Waals surface area (Å²) in [4.78, 5) is 25.9. The van der Waals surface area contributed by atoms with Crippen molar-refractivity contribution in [1.29, 1.82) is 5.26 Å². The Hall–Kier alpha value is -3.90. The molecule has 2 aromatic heterocycles. The Morgan fingerprint density at radius 1 is 1.12 bits per heavy atom. The Morgan fingerprint density at radius 2 is 1.81 bits per heavy atom. The first-order valence-corrected chi connectivity index (χ1v) is 10.8. The highest BCUT2D eigenvalue weighted by Crippen LogP contribution is 2.26. The van der Waals surface area contributed by atoms with Crippen LogP contribution in [0, 0.1) is 25.2 Å². The van der Waals surface area contributed by atoms with Gasteiger partial charge in [0.05, 0.1) is 22.3 Å². The number of carbonyl (C=O) groups is 1. The van der Waals surface area contributed by atoms with Crippen LogP contribution in [0.3, 0.4) is 0 Å². The summed E-state index contributed by atoms with van der Waals surface area (Å²) in [5.74, 6) is -0.0663. The highest BCUT2D eigenvalue weighted by molar-refractivity contribution is 7.99. The lowest BCUT2D eigenvalue weighted by Gasteiger charge is -2.15. The molecule has 160 valence electrons. The molecule has 0 aliphatic rings. The van der Waals surface area contributed by atoms with Crippen LogP contribution >= 0.6 is 11.8 Å². The Balaban J connectivity index is 1.95. The zero-order valence-electron chi connectivity index (χ0n) is 17.8. The van der Waals surface area contributed by atoms with Crippen LogP contribution in [0.4, 0.5) is 0 Å². The van der Waals surface area contributed by atoms with Crippen LogP contribution in [0.5, 0.6) is 0 Å². The molecule has 9 heteroatoms. The van der Waals surface area contributed by atoms with E-state index >= 15 is 0 Å². The van der Waals surface area contributed by atoms with Gasteiger partial charge in [-0.25, -0.2) is 4.57 Å². The lowest BCUT2D eigenvalue weighted by molar-refractivity contribution is -0.112. The van der Waals surface area contributed by atoms with Gasteiger partial charge in [-0.3, -0.25) is 14.0 Å². The fourth-order valence-electron chi connectivity index (χ4n) is 3.70. The number of para-hydroxylation sites is 2. The maximum absolute atomic E-state index is 13.5. The van der Waals surface area contributed by atoms with E-state index in [2.05, 4.69) is 10.2 Å². The van der Waals surface area contributed by atoms with Gasteiger partial charge in [-0.15, -0.1) is 10.2 Å². The Kier molecular flexibility index (Phi) is 5.55. The van der Waals surface area contributed by atoms with E-state index in [1.165, 1.54) is 6.92 Å². The largest absolute Gasteiger partial charge is 0.401 e. The quantitative estimate of drug-likeness (QED) is 0.285. The van der Waals surface area contributed by atoms with Crippen LogP contribution < -0.4 is 11.3 Å². The molecular formula is C23H20N6O2S. The van der Waals surface area contributed by atoms with Gasteiger partial charge in [-0.05, 0) is 44.0 Å². The number of nitrogens with zero attached hydrogens (tertiary/aromatic N) is 5. The summed E-state index contributed by atoms with van der Waals surface area (Å²) in [6.07, 6.45) is 0. The summed E-state index contributed by atoms with van der Waals surface area (Å²) in [7, 11) is 0. The van der Waals surface area contributed by atoms with Gasteiger partial charge in [0.15, 0.2) is 10.9 Å². The zero-order valence-corrected chi connectivity index (χ0v) is 18.6. The van der Waals surface area contributed by atoms with Crippen LogP contribution in [-0.4, -0.2) is 30.7 Å². The molecule has 0 atom stereocenters. The predicted octanol–water partition coefficient (Wildman–Crippen LogP) is 3.07. The van der Waals surface area contributed by atoms with Crippen molar-refractivity contribution in [2.45, 2.75) is 25.9 Å². The molecule has 2 heterocycles. The van der Waals surface area contributed by atoms with Crippen LogP contribution in [0.2, 0.25) is 0 Å². The van der Waals surface area contributed by atoms with Crippen molar-refractivity contribution < 1.29 is 4.79 Å². The summed E-state index contributed by atoms with van der Waals surface area (Å²) >= 11 is 1.14. The van der Waals surface area contributed by atoms with Crippen LogP contribution in [0.1, 0.15) is 18.1 Å². The van der Waals surface area contributed by atoms with E-state index in [1.807, 2.05) is 50.2 Å². The van der Waals surface area contributed by atoms with Crippen LogP contribution in [0.25, 0.3) is 22.4 Å². The Labute approximate surface area is 188 Å². The Bertz CT molecular complexity index is 1500. The molecule has 8 nitrogen and oxygen atoms in total. The number of ketones is 1. The van der Waals surface area contributed by atoms with Gasteiger partial charge in [0.1, 0.15) is 11.6 Å². The third-order valence-electron chi connectivity index (χ3n) is 5.18. The second-order valence-corrected chi connectivity index (χ2v) is 8.34. The van der Waals surface area contributed by atoms with Gasteiger partial charge in [0, 0.05) is 5.70 Å². The lowest BCUT2D eigenvalue weighted by atomic mass is 10.1. The van der Waals surface area contributed by atoms with Gasteiger partial charge in [0.2, 0.25) is 5.78 Å². The van der Waals surface area contributed by atoms with E-state index < -0.39 is 0 Å². The number of allylic oxidation sites excluding steroid dienone is 2. The number of thioether (sulfide) groups is 1. The van der Waals surface area contributed by atoms with Crippen molar-refractivity contribution in [2.24, 2.45) is 5.73 Å². The number of aromatic nitrogens is 4. The normalized spacial score (nSPS) is 12.1. The molecular weight excluding hydrogens is 424 g/mol. The first-order chi connectivity index (χ1) is 15.3. The number of carbonyl (C=O) groups excluding carboxylic acids is 1. The monoisotopic (exact) mass is 444 g/mol. The number of benzene rings is 2. The SMILES string of the molecule is C/C(N)=C(/C#N)C(=O)CSc1nnc2n(-c3c(C)cccc3C)c(=O)c3ccccc3n12. The summed E-state index contributed by atoms with van der Waals surface area (Å²) < 4.78 is 3.34. The van der Waals surface area contributed by atoms with E-state index in [0.717, 1.165) is 28.6 Å². The molecule has 2 N–H and O–H groups in total. The fourth-order valence-corrected chi connectivity index (χ4v) is 4.52. The van der Waals surface area contributed by atoms with Crippen molar-refractivity contribution in [3.8, 4) is 11.8 Å². The van der Waals surface area contributed by atoms with Crippen molar-refractivity contribution >= 4 is 34.2 Å². The minimum atomic E-state index is -0.387. The Morgan fingerprint density at radius 3 is 2.47 bits per heavy atom. The molecule has 0 saturated carbocycles. The van der Waals surface area contributed by atoms with Crippen molar-refractivity contribution in [3.63, 3.8) is 0 Å². The molecule has 4 rings (SSSR count). The van der Waals surface area contributed by atoms with E-state index in [9.17, 15) is 14.9 Å². The highest BCUT2D eigenvalue weighted by Gasteiger charge is 2.21. The topological polar surface area (TPSA) is 119 Å². The molecule has 0 aliphatic carbocycles. The van der Waals surface area contributed by atoms with Gasteiger partial charge < -0.3 is 5.73 Å². The third-order valence-corrected chi connectivity index (χ3v) is 6.10. The molecule has 32 heavy (non-hydrogen) atoms. The number of rotatable bonds is 5. The fraction of sp³-hybridized carbons (Fsp3) is 0.174. The number of hydrogen-bond donors (Lipinski definition) is 1.